The first-order valence-corrected chi connectivity index (χ1v) is 5.10. The predicted molar refractivity (Wildman–Crippen MR) is 51.3 cm³/mol. The van der Waals surface area contributed by atoms with E-state index in [1.54, 1.807) is 0 Å². The van der Waals surface area contributed by atoms with E-state index >= 15 is 0 Å². The van der Waals surface area contributed by atoms with Crippen molar-refractivity contribution >= 4 is 0 Å². The summed E-state index contributed by atoms with van der Waals surface area (Å²) in [6, 6.07) is 0. The fourth-order valence-corrected chi connectivity index (χ4v) is 1.05. The van der Waals surface area contributed by atoms with Crippen molar-refractivity contribution in [1.82, 2.24) is 0 Å². The van der Waals surface area contributed by atoms with Crippen molar-refractivity contribution in [3.05, 3.63) is 0 Å². The van der Waals surface area contributed by atoms with Gasteiger partial charge in [-0.05, 0) is 25.7 Å². The lowest BCUT2D eigenvalue weighted by Gasteiger charge is -2.08. The maximum atomic E-state index is 8.20. The molecule has 1 heterocycles. The largest absolute Gasteiger partial charge is 0.396 e. The zero-order valence-corrected chi connectivity index (χ0v) is 8.22. The third-order valence-electron chi connectivity index (χ3n) is 1.84. The molecule has 1 aliphatic heterocycles. The SMILES string of the molecule is C1CCOCC1.CCCCCO. The van der Waals surface area contributed by atoms with E-state index in [9.17, 15) is 0 Å². The molecule has 1 fully saturated rings. The second kappa shape index (κ2) is 10.9. The summed E-state index contributed by atoms with van der Waals surface area (Å²) in [6.07, 6.45) is 7.26. The lowest BCUT2D eigenvalue weighted by Crippen LogP contribution is -2.03. The van der Waals surface area contributed by atoms with Crippen LogP contribution in [-0.4, -0.2) is 24.9 Å². The number of aliphatic hydroxyl groups is 1. The van der Waals surface area contributed by atoms with Gasteiger partial charge >= 0.3 is 0 Å². The Bertz CT molecular complexity index is 54.7. The molecule has 1 aliphatic rings. The minimum Gasteiger partial charge on any atom is -0.396 e. The Morgan fingerprint density at radius 2 is 1.75 bits per heavy atom. The molecule has 0 aromatic heterocycles. The Balaban J connectivity index is 0.000000202. The van der Waals surface area contributed by atoms with Gasteiger partial charge in [-0.3, -0.25) is 0 Å². The molecule has 0 radical (unpaired) electrons. The van der Waals surface area contributed by atoms with Crippen LogP contribution in [0.2, 0.25) is 0 Å². The number of hydrogen-bond donors (Lipinski definition) is 1. The van der Waals surface area contributed by atoms with Crippen LogP contribution in [0.1, 0.15) is 45.4 Å². The second-order valence-electron chi connectivity index (χ2n) is 3.10. The van der Waals surface area contributed by atoms with E-state index in [-0.39, 0.29) is 0 Å². The number of rotatable bonds is 3. The number of ether oxygens (including phenoxy) is 1. The van der Waals surface area contributed by atoms with Crippen LogP contribution in [0, 0.1) is 0 Å². The van der Waals surface area contributed by atoms with Gasteiger partial charge in [0.2, 0.25) is 0 Å². The van der Waals surface area contributed by atoms with Crippen LogP contribution in [0.15, 0.2) is 0 Å². The molecule has 0 bridgehead atoms. The van der Waals surface area contributed by atoms with E-state index in [4.69, 9.17) is 9.84 Å². The molecule has 0 aromatic rings. The zero-order chi connectivity index (χ0) is 9.07. The normalized spacial score (nSPS) is 16.5. The average Bonchev–Trinajstić information content (AvgIpc) is 2.18. The molecule has 74 valence electrons. The van der Waals surface area contributed by atoms with Crippen LogP contribution >= 0.6 is 0 Å². The highest BCUT2D eigenvalue weighted by Crippen LogP contribution is 2.02. The van der Waals surface area contributed by atoms with Crippen molar-refractivity contribution in [2.24, 2.45) is 0 Å². The Labute approximate surface area is 75.9 Å². The molecule has 0 aromatic carbocycles. The highest BCUT2D eigenvalue weighted by atomic mass is 16.5. The molecule has 0 atom stereocenters. The summed E-state index contributed by atoms with van der Waals surface area (Å²) in [6.45, 7) is 4.48. The molecule has 0 spiro atoms. The molecule has 2 heteroatoms. The highest BCUT2D eigenvalue weighted by molar-refractivity contribution is 4.45. The fourth-order valence-electron chi connectivity index (χ4n) is 1.05. The van der Waals surface area contributed by atoms with Crippen LogP contribution in [0.5, 0.6) is 0 Å². The lowest BCUT2D eigenvalue weighted by molar-refractivity contribution is 0.0968. The van der Waals surface area contributed by atoms with Gasteiger partial charge in [-0.1, -0.05) is 19.8 Å². The van der Waals surface area contributed by atoms with Gasteiger partial charge in [0.15, 0.2) is 0 Å². The quantitative estimate of drug-likeness (QED) is 0.665. The van der Waals surface area contributed by atoms with Gasteiger partial charge in [0.1, 0.15) is 0 Å². The Hall–Kier alpha value is -0.0800. The number of aliphatic hydroxyl groups excluding tert-OH is 1. The van der Waals surface area contributed by atoms with E-state index in [1.807, 2.05) is 0 Å². The van der Waals surface area contributed by atoms with Crippen molar-refractivity contribution in [2.75, 3.05) is 19.8 Å². The number of hydrogen-bond acceptors (Lipinski definition) is 2. The molecule has 0 unspecified atom stereocenters. The van der Waals surface area contributed by atoms with E-state index in [1.165, 1.54) is 25.7 Å². The molecule has 12 heavy (non-hydrogen) atoms. The maximum absolute atomic E-state index is 8.20. The van der Waals surface area contributed by atoms with Crippen molar-refractivity contribution < 1.29 is 9.84 Å². The van der Waals surface area contributed by atoms with Crippen molar-refractivity contribution in [3.8, 4) is 0 Å². The van der Waals surface area contributed by atoms with Gasteiger partial charge in [-0.2, -0.15) is 0 Å². The van der Waals surface area contributed by atoms with Crippen LogP contribution in [0.25, 0.3) is 0 Å². The predicted octanol–water partition coefficient (Wildman–Crippen LogP) is 2.36. The van der Waals surface area contributed by atoms with Gasteiger partial charge in [-0.15, -0.1) is 0 Å². The first-order chi connectivity index (χ1) is 5.91. The topological polar surface area (TPSA) is 29.5 Å². The summed E-state index contributed by atoms with van der Waals surface area (Å²) in [7, 11) is 0. The van der Waals surface area contributed by atoms with Crippen LogP contribution in [-0.2, 0) is 4.74 Å². The average molecular weight is 174 g/mol. The molecule has 0 saturated carbocycles. The van der Waals surface area contributed by atoms with E-state index in [2.05, 4.69) is 6.92 Å². The third-order valence-corrected chi connectivity index (χ3v) is 1.84. The van der Waals surface area contributed by atoms with Crippen LogP contribution in [0.3, 0.4) is 0 Å². The fraction of sp³-hybridized carbons (Fsp3) is 1.00. The lowest BCUT2D eigenvalue weighted by atomic mass is 10.2. The summed E-state index contributed by atoms with van der Waals surface area (Å²) >= 11 is 0. The molecule has 1 rings (SSSR count). The van der Waals surface area contributed by atoms with E-state index < -0.39 is 0 Å². The monoisotopic (exact) mass is 174 g/mol. The van der Waals surface area contributed by atoms with Crippen LogP contribution in [0.4, 0.5) is 0 Å². The van der Waals surface area contributed by atoms with Crippen molar-refractivity contribution in [1.29, 1.82) is 0 Å². The summed E-state index contributed by atoms with van der Waals surface area (Å²) < 4.78 is 5.07. The van der Waals surface area contributed by atoms with Crippen LogP contribution < -0.4 is 0 Å². The van der Waals surface area contributed by atoms with E-state index in [0.717, 1.165) is 26.1 Å². The van der Waals surface area contributed by atoms with Gasteiger partial charge in [0.25, 0.3) is 0 Å². The minimum atomic E-state index is 0.355. The molecule has 1 N–H and O–H groups in total. The Morgan fingerprint density at radius 1 is 1.08 bits per heavy atom. The number of unbranched alkanes of at least 4 members (excludes halogenated alkanes) is 2. The summed E-state index contributed by atoms with van der Waals surface area (Å²) in [4.78, 5) is 0. The van der Waals surface area contributed by atoms with Gasteiger partial charge in [0, 0.05) is 19.8 Å². The maximum Gasteiger partial charge on any atom is 0.0466 e. The second-order valence-corrected chi connectivity index (χ2v) is 3.10. The Morgan fingerprint density at radius 3 is 1.92 bits per heavy atom. The van der Waals surface area contributed by atoms with Gasteiger partial charge in [0.05, 0.1) is 0 Å². The molecule has 1 saturated heterocycles. The standard InChI is InChI=1S/C5H10O.C5H12O/c1-2-4-6-5-3-1;1-2-3-4-5-6/h1-5H2;6H,2-5H2,1H3. The Kier molecular flexibility index (Phi) is 10.8. The summed E-state index contributed by atoms with van der Waals surface area (Å²) in [5, 5.41) is 8.20. The third kappa shape index (κ3) is 9.92. The first-order valence-electron chi connectivity index (χ1n) is 5.10. The smallest absolute Gasteiger partial charge is 0.0466 e. The van der Waals surface area contributed by atoms with Crippen molar-refractivity contribution in [3.63, 3.8) is 0 Å². The highest BCUT2D eigenvalue weighted by Gasteiger charge is 1.94. The molecular weight excluding hydrogens is 152 g/mol. The summed E-state index contributed by atoms with van der Waals surface area (Å²) in [5.74, 6) is 0. The minimum absolute atomic E-state index is 0.355. The molecular formula is C10H22O2. The molecule has 0 aliphatic carbocycles. The molecule has 0 amide bonds. The van der Waals surface area contributed by atoms with Gasteiger partial charge < -0.3 is 9.84 Å². The molecule has 2 nitrogen and oxygen atoms in total. The summed E-state index contributed by atoms with van der Waals surface area (Å²) in [5.41, 5.74) is 0. The van der Waals surface area contributed by atoms with E-state index in [0.29, 0.717) is 6.61 Å². The van der Waals surface area contributed by atoms with Gasteiger partial charge in [-0.25, -0.2) is 0 Å². The van der Waals surface area contributed by atoms with Crippen molar-refractivity contribution in [2.45, 2.75) is 45.4 Å². The zero-order valence-electron chi connectivity index (χ0n) is 8.22. The first kappa shape index (κ1) is 11.9.